The molecule has 0 amide bonds. The summed E-state index contributed by atoms with van der Waals surface area (Å²) in [5.41, 5.74) is 4.60. The highest BCUT2D eigenvalue weighted by atomic mass is 19.3. The van der Waals surface area contributed by atoms with Gasteiger partial charge in [0.05, 0.1) is 14.2 Å². The zero-order valence-electron chi connectivity index (χ0n) is 8.66. The van der Waals surface area contributed by atoms with Crippen molar-refractivity contribution in [1.29, 1.82) is 0 Å². The summed E-state index contributed by atoms with van der Waals surface area (Å²) in [5.74, 6) is -1.41. The lowest BCUT2D eigenvalue weighted by Gasteiger charge is -2.11. The standard InChI is InChI=1S/C9H10F2N2O3/c1-15-5-3-4(9(14)16-2)13-8(12)6(5)7(10)11/h3,7H,1-2H3,(H2,12,13). The van der Waals surface area contributed by atoms with Crippen LogP contribution in [0.2, 0.25) is 0 Å². The number of aromatic nitrogens is 1. The number of nitrogen functional groups attached to an aromatic ring is 1. The van der Waals surface area contributed by atoms with Crippen molar-refractivity contribution in [2.45, 2.75) is 6.43 Å². The molecule has 0 bridgehead atoms. The molecule has 0 radical (unpaired) electrons. The van der Waals surface area contributed by atoms with Crippen molar-refractivity contribution in [2.75, 3.05) is 20.0 Å². The highest BCUT2D eigenvalue weighted by molar-refractivity contribution is 5.88. The van der Waals surface area contributed by atoms with Gasteiger partial charge in [0.2, 0.25) is 0 Å². The number of carbonyl (C=O) groups excluding carboxylic acids is 1. The van der Waals surface area contributed by atoms with Gasteiger partial charge in [-0.3, -0.25) is 0 Å². The maximum Gasteiger partial charge on any atom is 0.356 e. The number of hydrogen-bond donors (Lipinski definition) is 1. The van der Waals surface area contributed by atoms with Crippen LogP contribution in [-0.2, 0) is 4.74 Å². The third kappa shape index (κ3) is 2.18. The second-order valence-corrected chi connectivity index (χ2v) is 2.80. The van der Waals surface area contributed by atoms with Gasteiger partial charge in [-0.2, -0.15) is 0 Å². The van der Waals surface area contributed by atoms with Gasteiger partial charge in [0.15, 0.2) is 5.69 Å². The van der Waals surface area contributed by atoms with Crippen molar-refractivity contribution < 1.29 is 23.0 Å². The van der Waals surface area contributed by atoms with Crippen LogP contribution in [0.3, 0.4) is 0 Å². The Morgan fingerprint density at radius 1 is 1.50 bits per heavy atom. The number of carbonyl (C=O) groups is 1. The number of rotatable bonds is 3. The zero-order valence-corrected chi connectivity index (χ0v) is 8.66. The van der Waals surface area contributed by atoms with Gasteiger partial charge in [0.1, 0.15) is 17.1 Å². The van der Waals surface area contributed by atoms with E-state index in [-0.39, 0.29) is 11.4 Å². The van der Waals surface area contributed by atoms with Crippen LogP contribution in [0.5, 0.6) is 5.75 Å². The summed E-state index contributed by atoms with van der Waals surface area (Å²) in [6.07, 6.45) is -2.82. The quantitative estimate of drug-likeness (QED) is 0.797. The van der Waals surface area contributed by atoms with Crippen molar-refractivity contribution in [3.8, 4) is 5.75 Å². The van der Waals surface area contributed by atoms with Crippen molar-refractivity contribution >= 4 is 11.8 Å². The molecule has 1 rings (SSSR count). The lowest BCUT2D eigenvalue weighted by Crippen LogP contribution is -2.10. The van der Waals surface area contributed by atoms with Crippen molar-refractivity contribution in [3.05, 3.63) is 17.3 Å². The summed E-state index contributed by atoms with van der Waals surface area (Å²) in [6.45, 7) is 0. The van der Waals surface area contributed by atoms with E-state index in [1.165, 1.54) is 7.11 Å². The maximum absolute atomic E-state index is 12.6. The number of alkyl halides is 2. The fourth-order valence-corrected chi connectivity index (χ4v) is 1.15. The van der Waals surface area contributed by atoms with Crippen LogP contribution in [0.4, 0.5) is 14.6 Å². The lowest BCUT2D eigenvalue weighted by atomic mass is 10.2. The molecule has 0 aliphatic rings. The molecule has 2 N–H and O–H groups in total. The van der Waals surface area contributed by atoms with E-state index in [0.29, 0.717) is 0 Å². The van der Waals surface area contributed by atoms with Crippen LogP contribution < -0.4 is 10.5 Å². The number of ether oxygens (including phenoxy) is 2. The van der Waals surface area contributed by atoms with Gasteiger partial charge in [0.25, 0.3) is 6.43 Å². The van der Waals surface area contributed by atoms with Crippen LogP contribution in [0.15, 0.2) is 6.07 Å². The number of esters is 1. The molecule has 1 aromatic heterocycles. The molecule has 7 heteroatoms. The van der Waals surface area contributed by atoms with Gasteiger partial charge in [0, 0.05) is 6.07 Å². The molecular formula is C9H10F2N2O3. The summed E-state index contributed by atoms with van der Waals surface area (Å²) in [7, 11) is 2.34. The number of halogens is 2. The van der Waals surface area contributed by atoms with E-state index in [0.717, 1.165) is 13.2 Å². The fourth-order valence-electron chi connectivity index (χ4n) is 1.15. The van der Waals surface area contributed by atoms with Crippen LogP contribution in [0.1, 0.15) is 22.5 Å². The Hall–Kier alpha value is -1.92. The van der Waals surface area contributed by atoms with Crippen LogP contribution in [0, 0.1) is 0 Å². The van der Waals surface area contributed by atoms with Gasteiger partial charge < -0.3 is 15.2 Å². The third-order valence-corrected chi connectivity index (χ3v) is 1.88. The first kappa shape index (κ1) is 12.2. The smallest absolute Gasteiger partial charge is 0.356 e. The van der Waals surface area contributed by atoms with E-state index in [4.69, 9.17) is 10.5 Å². The van der Waals surface area contributed by atoms with Crippen LogP contribution in [-0.4, -0.2) is 25.2 Å². The molecule has 1 heterocycles. The van der Waals surface area contributed by atoms with E-state index in [1.54, 1.807) is 0 Å². The Bertz CT molecular complexity index is 410. The first-order valence-corrected chi connectivity index (χ1v) is 4.22. The van der Waals surface area contributed by atoms with Gasteiger partial charge in [-0.25, -0.2) is 18.6 Å². The molecule has 0 spiro atoms. The molecule has 16 heavy (non-hydrogen) atoms. The van der Waals surface area contributed by atoms with E-state index in [2.05, 4.69) is 9.72 Å². The Morgan fingerprint density at radius 2 is 2.12 bits per heavy atom. The van der Waals surface area contributed by atoms with Gasteiger partial charge in [-0.15, -0.1) is 0 Å². The molecule has 0 aliphatic carbocycles. The topological polar surface area (TPSA) is 74.4 Å². The minimum absolute atomic E-state index is 0.179. The van der Waals surface area contributed by atoms with E-state index in [9.17, 15) is 13.6 Å². The number of hydrogen-bond acceptors (Lipinski definition) is 5. The molecule has 0 unspecified atom stereocenters. The first-order valence-electron chi connectivity index (χ1n) is 4.22. The molecule has 0 aliphatic heterocycles. The molecule has 0 saturated carbocycles. The number of nitrogens with two attached hydrogens (primary N) is 1. The van der Waals surface area contributed by atoms with Gasteiger partial charge in [-0.05, 0) is 0 Å². The molecule has 0 atom stereocenters. The van der Waals surface area contributed by atoms with Crippen molar-refractivity contribution in [1.82, 2.24) is 4.98 Å². The monoisotopic (exact) mass is 232 g/mol. The third-order valence-electron chi connectivity index (χ3n) is 1.88. The Kier molecular flexibility index (Phi) is 3.60. The maximum atomic E-state index is 12.6. The number of pyridine rings is 1. The minimum atomic E-state index is -2.82. The largest absolute Gasteiger partial charge is 0.496 e. The van der Waals surface area contributed by atoms with Gasteiger partial charge >= 0.3 is 5.97 Å². The van der Waals surface area contributed by atoms with Crippen LogP contribution >= 0.6 is 0 Å². The summed E-state index contributed by atoms with van der Waals surface area (Å²) in [4.78, 5) is 14.6. The molecule has 5 nitrogen and oxygen atoms in total. The molecule has 1 aromatic rings. The Balaban J connectivity index is 3.32. The molecule has 0 fully saturated rings. The minimum Gasteiger partial charge on any atom is -0.496 e. The normalized spacial score (nSPS) is 10.3. The second-order valence-electron chi connectivity index (χ2n) is 2.80. The Morgan fingerprint density at radius 3 is 2.56 bits per heavy atom. The second kappa shape index (κ2) is 4.73. The number of nitrogens with zero attached hydrogens (tertiary/aromatic N) is 1. The SMILES string of the molecule is COC(=O)c1cc(OC)c(C(F)F)c(N)n1. The van der Waals surface area contributed by atoms with Crippen molar-refractivity contribution in [3.63, 3.8) is 0 Å². The van der Waals surface area contributed by atoms with E-state index in [1.807, 2.05) is 0 Å². The summed E-state index contributed by atoms with van der Waals surface area (Å²) < 4.78 is 34.3. The molecule has 88 valence electrons. The highest BCUT2D eigenvalue weighted by Gasteiger charge is 2.22. The fraction of sp³-hybridized carbons (Fsp3) is 0.333. The van der Waals surface area contributed by atoms with Gasteiger partial charge in [-0.1, -0.05) is 0 Å². The average Bonchev–Trinajstić information content (AvgIpc) is 2.26. The predicted molar refractivity (Wildman–Crippen MR) is 51.5 cm³/mol. The highest BCUT2D eigenvalue weighted by Crippen LogP contribution is 2.33. The van der Waals surface area contributed by atoms with Crippen molar-refractivity contribution in [2.24, 2.45) is 0 Å². The summed E-state index contributed by atoms with van der Waals surface area (Å²) in [5, 5.41) is 0. The Labute approximate surface area is 90.2 Å². The summed E-state index contributed by atoms with van der Waals surface area (Å²) in [6, 6.07) is 1.06. The average molecular weight is 232 g/mol. The molecule has 0 aromatic carbocycles. The number of methoxy groups -OCH3 is 2. The number of anilines is 1. The lowest BCUT2D eigenvalue weighted by molar-refractivity contribution is 0.0593. The molecular weight excluding hydrogens is 222 g/mol. The predicted octanol–water partition coefficient (Wildman–Crippen LogP) is 1.40. The van der Waals surface area contributed by atoms with Crippen LogP contribution in [0.25, 0.3) is 0 Å². The zero-order chi connectivity index (χ0) is 12.3. The first-order chi connectivity index (χ1) is 7.51. The summed E-state index contributed by atoms with van der Waals surface area (Å²) >= 11 is 0. The molecule has 0 saturated heterocycles. The van der Waals surface area contributed by atoms with E-state index >= 15 is 0 Å². The van der Waals surface area contributed by atoms with E-state index < -0.39 is 23.8 Å².